The Morgan fingerprint density at radius 3 is 2.48 bits per heavy atom. The summed E-state index contributed by atoms with van der Waals surface area (Å²) in [5.41, 5.74) is 2.73. The van der Waals surface area contributed by atoms with Crippen LogP contribution in [0.15, 0.2) is 24.3 Å². The van der Waals surface area contributed by atoms with E-state index in [2.05, 4.69) is 65.2 Å². The number of hydrogen-bond acceptors (Lipinski definition) is 6. The predicted octanol–water partition coefficient (Wildman–Crippen LogP) is 2.67. The third-order valence-corrected chi connectivity index (χ3v) is 5.58. The number of nitrogens with zero attached hydrogens (tertiary/aromatic N) is 3. The summed E-state index contributed by atoms with van der Waals surface area (Å²) >= 11 is 0. The van der Waals surface area contributed by atoms with E-state index in [-0.39, 0.29) is 16.9 Å². The van der Waals surface area contributed by atoms with Gasteiger partial charge in [-0.1, -0.05) is 32.9 Å². The fraction of sp³-hybridized carbons (Fsp3) is 0.478. The molecule has 0 bridgehead atoms. The third-order valence-electron chi connectivity index (χ3n) is 5.58. The molecule has 3 N–H and O–H groups in total. The van der Waals surface area contributed by atoms with E-state index < -0.39 is 18.4 Å². The van der Waals surface area contributed by atoms with Gasteiger partial charge in [0, 0.05) is 25.2 Å². The fourth-order valence-electron chi connectivity index (χ4n) is 3.78. The van der Waals surface area contributed by atoms with Gasteiger partial charge < -0.3 is 20.4 Å². The summed E-state index contributed by atoms with van der Waals surface area (Å²) in [7, 11) is 0. The van der Waals surface area contributed by atoms with E-state index >= 15 is 0 Å². The summed E-state index contributed by atoms with van der Waals surface area (Å²) in [5, 5.41) is 21.1. The maximum atomic E-state index is 12.2. The van der Waals surface area contributed by atoms with E-state index in [0.29, 0.717) is 23.9 Å². The topological polar surface area (TPSA) is 116 Å². The Hall–Kier alpha value is -3.16. The molecule has 8 nitrogen and oxygen atoms in total. The second kappa shape index (κ2) is 8.91. The molecule has 1 aromatic heterocycles. The predicted molar refractivity (Wildman–Crippen MR) is 118 cm³/mol. The Labute approximate surface area is 182 Å². The van der Waals surface area contributed by atoms with E-state index in [4.69, 9.17) is 5.11 Å². The first-order valence-electron chi connectivity index (χ1n) is 10.5. The molecule has 1 atom stereocenters. The highest BCUT2D eigenvalue weighted by atomic mass is 16.4. The van der Waals surface area contributed by atoms with Gasteiger partial charge in [-0.2, -0.15) is 0 Å². The van der Waals surface area contributed by atoms with Crippen LogP contribution in [-0.4, -0.2) is 51.7 Å². The van der Waals surface area contributed by atoms with Crippen molar-refractivity contribution in [1.29, 1.82) is 0 Å². The maximum absolute atomic E-state index is 12.2. The molecule has 8 heteroatoms. The summed E-state index contributed by atoms with van der Waals surface area (Å²) in [6, 6.07) is 8.68. The molecule has 1 aromatic carbocycles. The lowest BCUT2D eigenvalue weighted by molar-refractivity contribution is -0.135. The lowest BCUT2D eigenvalue weighted by Gasteiger charge is -2.22. The Bertz CT molecular complexity index is 967. The van der Waals surface area contributed by atoms with Gasteiger partial charge in [-0.3, -0.25) is 9.59 Å². The van der Waals surface area contributed by atoms with Gasteiger partial charge in [0.15, 0.2) is 11.4 Å². The number of benzene rings is 1. The number of hydrogen-bond donors (Lipinski definition) is 3. The van der Waals surface area contributed by atoms with Crippen LogP contribution in [-0.2, 0) is 16.6 Å². The average Bonchev–Trinajstić information content (AvgIpc) is 3.16. The first-order chi connectivity index (χ1) is 14.5. The van der Waals surface area contributed by atoms with Crippen molar-refractivity contribution in [1.82, 2.24) is 15.3 Å². The molecule has 0 radical (unpaired) electrons. The van der Waals surface area contributed by atoms with Crippen LogP contribution in [0.25, 0.3) is 0 Å². The molecule has 0 spiro atoms. The number of aliphatic carboxylic acids is 1. The first-order valence-corrected chi connectivity index (χ1v) is 10.5. The van der Waals surface area contributed by atoms with Crippen molar-refractivity contribution < 1.29 is 19.8 Å². The Morgan fingerprint density at radius 2 is 1.87 bits per heavy atom. The third kappa shape index (κ3) is 5.51. The fourth-order valence-corrected chi connectivity index (χ4v) is 3.78. The number of carbonyl (C=O) groups excluding carboxylic acids is 1. The molecule has 1 aliphatic rings. The summed E-state index contributed by atoms with van der Waals surface area (Å²) in [4.78, 5) is 33.8. The van der Waals surface area contributed by atoms with Gasteiger partial charge in [-0.25, -0.2) is 9.97 Å². The second-order valence-corrected chi connectivity index (χ2v) is 9.10. The van der Waals surface area contributed by atoms with Crippen LogP contribution < -0.4 is 10.2 Å². The molecule has 0 aliphatic carbocycles. The van der Waals surface area contributed by atoms with E-state index in [9.17, 15) is 14.7 Å². The molecular formula is C23H30N4O4. The Kier molecular flexibility index (Phi) is 6.48. The number of carboxylic acids is 1. The van der Waals surface area contributed by atoms with Crippen molar-refractivity contribution in [3.05, 3.63) is 47.0 Å². The zero-order valence-corrected chi connectivity index (χ0v) is 18.5. The molecule has 166 valence electrons. The lowest BCUT2D eigenvalue weighted by Crippen LogP contribution is -2.30. The summed E-state index contributed by atoms with van der Waals surface area (Å²) in [5.74, 6) is -1.41. The van der Waals surface area contributed by atoms with Crippen LogP contribution >= 0.6 is 0 Å². The van der Waals surface area contributed by atoms with E-state index in [1.165, 1.54) is 11.3 Å². The van der Waals surface area contributed by atoms with E-state index in [1.54, 1.807) is 6.92 Å². The average molecular weight is 427 g/mol. The quantitative estimate of drug-likeness (QED) is 0.650. The van der Waals surface area contributed by atoms with Gasteiger partial charge in [0.05, 0.1) is 5.69 Å². The first kappa shape index (κ1) is 22.5. The van der Waals surface area contributed by atoms with Crippen molar-refractivity contribution in [2.24, 2.45) is 5.92 Å². The highest BCUT2D eigenvalue weighted by molar-refractivity contribution is 5.96. The van der Waals surface area contributed by atoms with Gasteiger partial charge in [0.25, 0.3) is 5.91 Å². The Morgan fingerprint density at radius 1 is 1.19 bits per heavy atom. The molecule has 1 aliphatic heterocycles. The second-order valence-electron chi connectivity index (χ2n) is 9.10. The van der Waals surface area contributed by atoms with Crippen molar-refractivity contribution in [2.45, 2.75) is 46.0 Å². The smallest absolute Gasteiger partial charge is 0.322 e. The van der Waals surface area contributed by atoms with Crippen LogP contribution in [0.5, 0.6) is 5.75 Å². The number of nitrogens with one attached hydrogen (secondary N) is 1. The van der Waals surface area contributed by atoms with Gasteiger partial charge in [-0.05, 0) is 42.4 Å². The molecule has 0 saturated carbocycles. The van der Waals surface area contributed by atoms with Gasteiger partial charge >= 0.3 is 5.97 Å². The van der Waals surface area contributed by atoms with Gasteiger partial charge in [-0.15, -0.1) is 0 Å². The molecule has 31 heavy (non-hydrogen) atoms. The number of anilines is 1. The molecule has 1 unspecified atom stereocenters. The van der Waals surface area contributed by atoms with Crippen LogP contribution in [0.3, 0.4) is 0 Å². The minimum Gasteiger partial charge on any atom is -0.504 e. The van der Waals surface area contributed by atoms with Crippen molar-refractivity contribution in [3.8, 4) is 5.75 Å². The van der Waals surface area contributed by atoms with E-state index in [1.807, 2.05) is 0 Å². The van der Waals surface area contributed by atoms with Gasteiger partial charge in [0.2, 0.25) is 0 Å². The van der Waals surface area contributed by atoms with Crippen LogP contribution in [0.1, 0.15) is 54.8 Å². The minimum absolute atomic E-state index is 0.120. The molecule has 3 rings (SSSR count). The molecule has 1 saturated heterocycles. The van der Waals surface area contributed by atoms with E-state index in [0.717, 1.165) is 19.5 Å². The van der Waals surface area contributed by atoms with Gasteiger partial charge in [0.1, 0.15) is 12.4 Å². The highest BCUT2D eigenvalue weighted by Gasteiger charge is 2.26. The zero-order chi connectivity index (χ0) is 22.8. The number of carboxylic acid groups (broad SMARTS) is 1. The highest BCUT2D eigenvalue weighted by Crippen LogP contribution is 2.29. The maximum Gasteiger partial charge on any atom is 0.322 e. The summed E-state index contributed by atoms with van der Waals surface area (Å²) in [6.45, 7) is 9.45. The van der Waals surface area contributed by atoms with Crippen molar-refractivity contribution in [2.75, 3.05) is 24.5 Å². The number of amides is 1. The summed E-state index contributed by atoms with van der Waals surface area (Å²) in [6.07, 6.45) is 1.56. The number of carbonyl (C=O) groups is 2. The van der Waals surface area contributed by atoms with Crippen LogP contribution in [0, 0.1) is 12.8 Å². The number of aromatic nitrogens is 2. The van der Waals surface area contributed by atoms with Crippen molar-refractivity contribution in [3.63, 3.8) is 0 Å². The lowest BCUT2D eigenvalue weighted by atomic mass is 9.87. The number of aryl methyl sites for hydroxylation is 1. The SMILES string of the molecule is Cc1nc(CC2CCN(c3ccc(C(C)(C)C)cc3)C2)nc(C(=O)NCC(=O)O)c1O. The minimum atomic E-state index is -1.17. The standard InChI is InChI=1S/C23H30N4O4/c1-14-21(30)20(22(31)24-12-19(28)29)26-18(25-14)11-15-9-10-27(13-15)17-7-5-16(6-8-17)23(2,3)4/h5-8,15,30H,9-13H2,1-4H3,(H,24,31)(H,28,29). The Balaban J connectivity index is 1.68. The molecule has 2 aromatic rings. The monoisotopic (exact) mass is 426 g/mol. The van der Waals surface area contributed by atoms with Crippen LogP contribution in [0.2, 0.25) is 0 Å². The number of rotatable bonds is 6. The van der Waals surface area contributed by atoms with Crippen molar-refractivity contribution >= 4 is 17.6 Å². The zero-order valence-electron chi connectivity index (χ0n) is 18.5. The van der Waals surface area contributed by atoms with Crippen LogP contribution in [0.4, 0.5) is 5.69 Å². The molecule has 1 amide bonds. The number of aromatic hydroxyl groups is 1. The molecule has 1 fully saturated rings. The normalized spacial score (nSPS) is 16.4. The molecular weight excluding hydrogens is 396 g/mol. The summed E-state index contributed by atoms with van der Waals surface area (Å²) < 4.78 is 0. The molecule has 2 heterocycles. The largest absolute Gasteiger partial charge is 0.504 e.